The predicted molar refractivity (Wildman–Crippen MR) is 101 cm³/mol. The second-order valence-electron chi connectivity index (χ2n) is 9.40. The number of carboxylic acid groups (broad SMARTS) is 1. The van der Waals surface area contributed by atoms with E-state index in [1.54, 1.807) is 41.5 Å². The average molecular weight is 386 g/mol. The Kier molecular flexibility index (Phi) is 7.13. The first-order chi connectivity index (χ1) is 12.1. The molecule has 27 heavy (non-hydrogen) atoms. The van der Waals surface area contributed by atoms with Gasteiger partial charge in [0.2, 0.25) is 0 Å². The van der Waals surface area contributed by atoms with Crippen LogP contribution in [0.1, 0.15) is 61.8 Å². The van der Waals surface area contributed by atoms with Crippen LogP contribution in [0.5, 0.6) is 0 Å². The molecule has 1 aliphatic rings. The highest BCUT2D eigenvalue weighted by molar-refractivity contribution is 5.82. The van der Waals surface area contributed by atoms with Gasteiger partial charge in [-0.3, -0.25) is 4.90 Å². The molecule has 0 saturated carbocycles. The van der Waals surface area contributed by atoms with Crippen molar-refractivity contribution in [1.29, 1.82) is 0 Å². The smallest absolute Gasteiger partial charge is 0.411 e. The molecule has 0 spiro atoms. The van der Waals surface area contributed by atoms with Crippen LogP contribution in [0.2, 0.25) is 0 Å². The zero-order valence-corrected chi connectivity index (χ0v) is 17.7. The van der Waals surface area contributed by atoms with Gasteiger partial charge < -0.3 is 19.5 Å². The number of aliphatic carboxylic acids is 1. The maximum atomic E-state index is 12.7. The average Bonchev–Trinajstić information content (AvgIpc) is 2.41. The fraction of sp³-hybridized carbons (Fsp3) is 0.842. The van der Waals surface area contributed by atoms with E-state index in [-0.39, 0.29) is 25.0 Å². The minimum atomic E-state index is -1.18. The van der Waals surface area contributed by atoms with Gasteiger partial charge in [0, 0.05) is 6.54 Å². The van der Waals surface area contributed by atoms with Crippen LogP contribution < -0.4 is 0 Å². The van der Waals surface area contributed by atoms with Crippen LogP contribution in [0, 0.1) is 5.92 Å². The van der Waals surface area contributed by atoms with E-state index in [4.69, 9.17) is 9.47 Å². The number of ether oxygens (including phenoxy) is 2. The molecule has 0 bridgehead atoms. The summed E-state index contributed by atoms with van der Waals surface area (Å²) in [6.07, 6.45) is -0.638. The highest BCUT2D eigenvalue weighted by Crippen LogP contribution is 2.25. The fourth-order valence-electron chi connectivity index (χ4n) is 2.91. The fourth-order valence-corrected chi connectivity index (χ4v) is 2.91. The summed E-state index contributed by atoms with van der Waals surface area (Å²) in [6, 6.07) is -1.53. The van der Waals surface area contributed by atoms with E-state index in [1.807, 2.05) is 13.8 Å². The summed E-state index contributed by atoms with van der Waals surface area (Å²) in [6.45, 7) is 14.4. The van der Waals surface area contributed by atoms with Gasteiger partial charge in [-0.05, 0) is 53.9 Å². The summed E-state index contributed by atoms with van der Waals surface area (Å²) < 4.78 is 10.8. The molecule has 1 rings (SSSR count). The predicted octanol–water partition coefficient (Wildman–Crippen LogP) is 3.34. The van der Waals surface area contributed by atoms with Gasteiger partial charge in [0.25, 0.3) is 0 Å². The molecule has 1 aliphatic heterocycles. The second kappa shape index (κ2) is 8.35. The molecule has 0 aliphatic carbocycles. The van der Waals surface area contributed by atoms with Crippen molar-refractivity contribution in [3.63, 3.8) is 0 Å². The molecule has 0 unspecified atom stereocenters. The molecule has 0 aromatic rings. The van der Waals surface area contributed by atoms with Crippen molar-refractivity contribution in [1.82, 2.24) is 9.80 Å². The molecular weight excluding hydrogens is 352 g/mol. The zero-order chi connectivity index (χ0) is 21.2. The molecule has 0 aromatic carbocycles. The highest BCUT2D eigenvalue weighted by atomic mass is 16.6. The Hall–Kier alpha value is -1.99. The molecule has 8 heteroatoms. The molecule has 1 N–H and O–H groups in total. The van der Waals surface area contributed by atoms with Gasteiger partial charge in [-0.1, -0.05) is 13.8 Å². The van der Waals surface area contributed by atoms with E-state index in [2.05, 4.69) is 0 Å². The minimum Gasteiger partial charge on any atom is -0.480 e. The third-order valence-electron chi connectivity index (χ3n) is 3.88. The second-order valence-corrected chi connectivity index (χ2v) is 9.40. The lowest BCUT2D eigenvalue weighted by molar-refractivity contribution is -0.146. The Labute approximate surface area is 161 Å². The summed E-state index contributed by atoms with van der Waals surface area (Å²) in [5.41, 5.74) is -1.43. The van der Waals surface area contributed by atoms with E-state index >= 15 is 0 Å². The summed E-state index contributed by atoms with van der Waals surface area (Å²) >= 11 is 0. The van der Waals surface area contributed by atoms with Crippen LogP contribution in [0.3, 0.4) is 0 Å². The largest absolute Gasteiger partial charge is 0.480 e. The number of carboxylic acids is 1. The molecule has 1 saturated heterocycles. The lowest BCUT2D eigenvalue weighted by Gasteiger charge is -2.45. The third kappa shape index (κ3) is 7.27. The van der Waals surface area contributed by atoms with Crippen molar-refractivity contribution in [2.75, 3.05) is 13.1 Å². The van der Waals surface area contributed by atoms with Crippen LogP contribution >= 0.6 is 0 Å². The van der Waals surface area contributed by atoms with Crippen molar-refractivity contribution < 1.29 is 29.0 Å². The maximum absolute atomic E-state index is 12.7. The Morgan fingerprint density at radius 2 is 1.37 bits per heavy atom. The number of rotatable bonds is 3. The standard InChI is InChI=1S/C19H34N2O6/c1-12(2)9-13-10-21(17(25)27-19(6,7)8)14(15(22)23)11-20(13)16(24)26-18(3,4)5/h12-14H,9-11H2,1-8H3,(H,22,23)/t13-,14+/m0/s1. The Bertz CT molecular complexity index is 562. The normalized spacial score (nSPS) is 21.2. The molecule has 1 heterocycles. The van der Waals surface area contributed by atoms with Gasteiger partial charge >= 0.3 is 18.2 Å². The van der Waals surface area contributed by atoms with Crippen LogP contribution in [0.15, 0.2) is 0 Å². The lowest BCUT2D eigenvalue weighted by atomic mass is 9.98. The minimum absolute atomic E-state index is 0.0866. The van der Waals surface area contributed by atoms with E-state index in [1.165, 1.54) is 9.80 Å². The van der Waals surface area contributed by atoms with Gasteiger partial charge in [-0.25, -0.2) is 14.4 Å². The first-order valence-corrected chi connectivity index (χ1v) is 9.32. The molecule has 0 aromatic heterocycles. The summed E-state index contributed by atoms with van der Waals surface area (Å²) in [5.74, 6) is -0.931. The first-order valence-electron chi connectivity index (χ1n) is 9.32. The quantitative estimate of drug-likeness (QED) is 0.799. The summed E-state index contributed by atoms with van der Waals surface area (Å²) in [4.78, 5) is 39.7. The van der Waals surface area contributed by atoms with Gasteiger partial charge in [-0.2, -0.15) is 0 Å². The monoisotopic (exact) mass is 386 g/mol. The molecule has 1 fully saturated rings. The van der Waals surface area contributed by atoms with E-state index in [9.17, 15) is 19.5 Å². The van der Waals surface area contributed by atoms with Crippen LogP contribution in [0.4, 0.5) is 9.59 Å². The van der Waals surface area contributed by atoms with Gasteiger partial charge in [0.05, 0.1) is 12.6 Å². The van der Waals surface area contributed by atoms with Crippen LogP contribution in [-0.2, 0) is 14.3 Å². The highest BCUT2D eigenvalue weighted by Gasteiger charge is 2.44. The molecule has 2 amide bonds. The third-order valence-corrected chi connectivity index (χ3v) is 3.88. The SMILES string of the molecule is CC(C)C[C@H]1CN(C(=O)OC(C)(C)C)[C@@H](C(=O)O)CN1C(=O)OC(C)(C)C. The van der Waals surface area contributed by atoms with Crippen LogP contribution in [0.25, 0.3) is 0 Å². The van der Waals surface area contributed by atoms with E-state index < -0.39 is 35.4 Å². The zero-order valence-electron chi connectivity index (χ0n) is 17.7. The van der Waals surface area contributed by atoms with Crippen molar-refractivity contribution >= 4 is 18.2 Å². The van der Waals surface area contributed by atoms with Crippen molar-refractivity contribution in [3.05, 3.63) is 0 Å². The first kappa shape index (κ1) is 23.0. The molecular formula is C19H34N2O6. The molecule has 0 radical (unpaired) electrons. The van der Waals surface area contributed by atoms with Gasteiger partial charge in [0.15, 0.2) is 6.04 Å². The number of carbonyl (C=O) groups is 3. The van der Waals surface area contributed by atoms with Crippen molar-refractivity contribution in [3.8, 4) is 0 Å². The topological polar surface area (TPSA) is 96.4 Å². The number of nitrogens with zero attached hydrogens (tertiary/aromatic N) is 2. The summed E-state index contributed by atoms with van der Waals surface area (Å²) in [7, 11) is 0. The number of amides is 2. The number of hydrogen-bond donors (Lipinski definition) is 1. The molecule has 8 nitrogen and oxygen atoms in total. The number of carbonyl (C=O) groups excluding carboxylic acids is 2. The van der Waals surface area contributed by atoms with Gasteiger partial charge in [0.1, 0.15) is 11.2 Å². The van der Waals surface area contributed by atoms with Crippen molar-refractivity contribution in [2.45, 2.75) is 85.1 Å². The number of piperazine rings is 1. The number of hydrogen-bond acceptors (Lipinski definition) is 5. The Morgan fingerprint density at radius 3 is 1.74 bits per heavy atom. The van der Waals surface area contributed by atoms with E-state index in [0.717, 1.165) is 0 Å². The Balaban J connectivity index is 3.13. The maximum Gasteiger partial charge on any atom is 0.411 e. The molecule has 156 valence electrons. The summed E-state index contributed by atoms with van der Waals surface area (Å²) in [5, 5.41) is 9.63. The van der Waals surface area contributed by atoms with Crippen LogP contribution in [-0.4, -0.2) is 69.4 Å². The molecule has 2 atom stereocenters. The van der Waals surface area contributed by atoms with Crippen molar-refractivity contribution in [2.24, 2.45) is 5.92 Å². The Morgan fingerprint density at radius 1 is 0.926 bits per heavy atom. The van der Waals surface area contributed by atoms with E-state index in [0.29, 0.717) is 6.42 Å². The van der Waals surface area contributed by atoms with Gasteiger partial charge in [-0.15, -0.1) is 0 Å². The lowest BCUT2D eigenvalue weighted by Crippen LogP contribution is -2.64.